The third kappa shape index (κ3) is 5.61. The number of sulfonamides is 1. The molecule has 0 spiro atoms. The molecule has 0 unspecified atom stereocenters. The number of pyridine rings is 1. The first-order chi connectivity index (χ1) is 13.0. The highest BCUT2D eigenvalue weighted by molar-refractivity contribution is 7.89. The molecule has 0 bridgehead atoms. The molecule has 1 aromatic carbocycles. The van der Waals surface area contributed by atoms with Crippen LogP contribution in [0.15, 0.2) is 65.8 Å². The molecule has 0 fully saturated rings. The highest BCUT2D eigenvalue weighted by Gasteiger charge is 2.12. The van der Waals surface area contributed by atoms with Crippen LogP contribution in [-0.4, -0.2) is 36.7 Å². The fraction of sp³-hybridized carbons (Fsp3) is 0.118. The van der Waals surface area contributed by atoms with E-state index in [1.165, 1.54) is 24.3 Å². The summed E-state index contributed by atoms with van der Waals surface area (Å²) in [7, 11) is -3.57. The van der Waals surface area contributed by atoms with E-state index in [9.17, 15) is 8.42 Å². The van der Waals surface area contributed by atoms with E-state index in [1.807, 2.05) is 12.1 Å². The van der Waals surface area contributed by atoms with Crippen LogP contribution in [0, 0.1) is 0 Å². The Balaban J connectivity index is 1.47. The first-order valence-electron chi connectivity index (χ1n) is 8.03. The molecule has 2 aromatic heterocycles. The Hall–Kier alpha value is -2.75. The number of halogens is 1. The van der Waals surface area contributed by atoms with Crippen molar-refractivity contribution >= 4 is 38.9 Å². The second kappa shape index (κ2) is 8.76. The molecule has 0 aliphatic carbocycles. The topological polar surface area (TPSA) is 109 Å². The highest BCUT2D eigenvalue weighted by Crippen LogP contribution is 2.14. The summed E-state index contributed by atoms with van der Waals surface area (Å²) in [4.78, 5) is 4.17. The minimum atomic E-state index is -3.57. The molecule has 0 atom stereocenters. The zero-order chi connectivity index (χ0) is 19.1. The molecular formula is C17H17ClN6O2S. The molecule has 140 valence electrons. The van der Waals surface area contributed by atoms with E-state index in [0.717, 1.165) is 5.69 Å². The number of nitrogens with one attached hydrogen (secondary N) is 3. The average Bonchev–Trinajstić information content (AvgIpc) is 2.68. The Morgan fingerprint density at radius 2 is 1.67 bits per heavy atom. The van der Waals surface area contributed by atoms with E-state index >= 15 is 0 Å². The number of nitrogens with zero attached hydrogens (tertiary/aromatic N) is 3. The van der Waals surface area contributed by atoms with E-state index < -0.39 is 10.0 Å². The van der Waals surface area contributed by atoms with Crippen molar-refractivity contribution in [1.82, 2.24) is 19.9 Å². The number of hydrogen-bond donors (Lipinski definition) is 3. The van der Waals surface area contributed by atoms with E-state index in [4.69, 9.17) is 11.6 Å². The molecule has 27 heavy (non-hydrogen) atoms. The number of rotatable bonds is 8. The summed E-state index contributed by atoms with van der Waals surface area (Å²) >= 11 is 5.77. The predicted molar refractivity (Wildman–Crippen MR) is 105 cm³/mol. The summed E-state index contributed by atoms with van der Waals surface area (Å²) in [6, 6.07) is 13.2. The van der Waals surface area contributed by atoms with Crippen LogP contribution < -0.4 is 15.4 Å². The summed E-state index contributed by atoms with van der Waals surface area (Å²) in [6.07, 6.45) is 3.37. The van der Waals surface area contributed by atoms with Gasteiger partial charge >= 0.3 is 0 Å². The molecule has 0 saturated carbocycles. The maximum atomic E-state index is 12.1. The minimum absolute atomic E-state index is 0.164. The molecule has 2 heterocycles. The van der Waals surface area contributed by atoms with Gasteiger partial charge in [0.2, 0.25) is 10.0 Å². The fourth-order valence-electron chi connectivity index (χ4n) is 2.15. The number of aromatic nitrogens is 3. The Morgan fingerprint density at radius 3 is 2.33 bits per heavy atom. The van der Waals surface area contributed by atoms with Gasteiger partial charge in [0.05, 0.1) is 16.8 Å². The van der Waals surface area contributed by atoms with Crippen LogP contribution in [0.25, 0.3) is 0 Å². The molecule has 0 saturated heterocycles. The molecule has 8 nitrogen and oxygen atoms in total. The fourth-order valence-corrected chi connectivity index (χ4v) is 3.31. The van der Waals surface area contributed by atoms with Crippen molar-refractivity contribution in [2.24, 2.45) is 0 Å². The largest absolute Gasteiger partial charge is 0.367 e. The third-order valence-corrected chi connectivity index (χ3v) is 5.17. The van der Waals surface area contributed by atoms with Crippen LogP contribution in [-0.2, 0) is 10.0 Å². The Morgan fingerprint density at radius 1 is 0.926 bits per heavy atom. The van der Waals surface area contributed by atoms with E-state index in [-0.39, 0.29) is 11.4 Å². The van der Waals surface area contributed by atoms with Gasteiger partial charge in [0.1, 0.15) is 5.82 Å². The van der Waals surface area contributed by atoms with Gasteiger partial charge in [0.25, 0.3) is 0 Å². The van der Waals surface area contributed by atoms with Crippen molar-refractivity contribution in [2.75, 3.05) is 23.7 Å². The van der Waals surface area contributed by atoms with E-state index in [1.54, 1.807) is 24.5 Å². The average molecular weight is 405 g/mol. The lowest BCUT2D eigenvalue weighted by molar-refractivity contribution is 0.583. The normalized spacial score (nSPS) is 11.1. The van der Waals surface area contributed by atoms with Gasteiger partial charge in [-0.05, 0) is 48.5 Å². The van der Waals surface area contributed by atoms with Gasteiger partial charge in [0, 0.05) is 24.3 Å². The van der Waals surface area contributed by atoms with Crippen LogP contribution in [0.4, 0.5) is 17.3 Å². The second-order valence-corrected chi connectivity index (χ2v) is 7.65. The molecule has 0 radical (unpaired) electrons. The van der Waals surface area contributed by atoms with Crippen molar-refractivity contribution in [3.63, 3.8) is 0 Å². The van der Waals surface area contributed by atoms with Crippen molar-refractivity contribution in [3.8, 4) is 0 Å². The van der Waals surface area contributed by atoms with Crippen LogP contribution in [0.3, 0.4) is 0 Å². The molecule has 3 aromatic rings. The number of anilines is 3. The monoisotopic (exact) mass is 404 g/mol. The van der Waals surface area contributed by atoms with Gasteiger partial charge in [-0.2, -0.15) is 0 Å². The Kier molecular flexibility index (Phi) is 6.17. The van der Waals surface area contributed by atoms with E-state index in [2.05, 4.69) is 30.5 Å². The van der Waals surface area contributed by atoms with Crippen LogP contribution in [0.5, 0.6) is 0 Å². The second-order valence-electron chi connectivity index (χ2n) is 5.45. The maximum Gasteiger partial charge on any atom is 0.240 e. The van der Waals surface area contributed by atoms with Gasteiger partial charge in [-0.1, -0.05) is 11.6 Å². The van der Waals surface area contributed by atoms with Gasteiger partial charge in [0.15, 0.2) is 5.82 Å². The first kappa shape index (κ1) is 19.0. The lowest BCUT2D eigenvalue weighted by Crippen LogP contribution is -2.29. The minimum Gasteiger partial charge on any atom is -0.367 e. The molecule has 0 amide bonds. The van der Waals surface area contributed by atoms with Gasteiger partial charge in [-0.3, -0.25) is 4.98 Å². The quantitative estimate of drug-likeness (QED) is 0.495. The standard InChI is InChI=1S/C17H17ClN6O2S/c18-13-3-5-15(6-4-13)27(25,26)21-11-10-20-16-7-8-17(24-23-16)22-14-2-1-9-19-12-14/h1-9,12,21H,10-11H2,(H,20,23)(H,22,24). The third-order valence-electron chi connectivity index (χ3n) is 3.45. The first-order valence-corrected chi connectivity index (χ1v) is 9.89. The van der Waals surface area contributed by atoms with Gasteiger partial charge in [-0.25, -0.2) is 13.1 Å². The number of benzene rings is 1. The highest BCUT2D eigenvalue weighted by atomic mass is 35.5. The molecule has 3 N–H and O–H groups in total. The van der Waals surface area contributed by atoms with Crippen LogP contribution in [0.2, 0.25) is 5.02 Å². The molecule has 3 rings (SSSR count). The van der Waals surface area contributed by atoms with Gasteiger partial charge in [-0.15, -0.1) is 10.2 Å². The zero-order valence-corrected chi connectivity index (χ0v) is 15.7. The predicted octanol–water partition coefficient (Wildman–Crippen LogP) is 2.66. The van der Waals surface area contributed by atoms with Crippen molar-refractivity contribution in [2.45, 2.75) is 4.90 Å². The summed E-state index contributed by atoms with van der Waals surface area (Å²) < 4.78 is 26.8. The zero-order valence-electron chi connectivity index (χ0n) is 14.1. The smallest absolute Gasteiger partial charge is 0.240 e. The summed E-state index contributed by atoms with van der Waals surface area (Å²) in [6.45, 7) is 0.555. The summed E-state index contributed by atoms with van der Waals surface area (Å²) in [5, 5.41) is 14.7. The van der Waals surface area contributed by atoms with Crippen LogP contribution in [0.1, 0.15) is 0 Å². The molecule has 0 aliphatic heterocycles. The van der Waals surface area contributed by atoms with Crippen LogP contribution >= 0.6 is 11.6 Å². The molecule has 10 heteroatoms. The van der Waals surface area contributed by atoms with Crippen molar-refractivity contribution in [1.29, 1.82) is 0 Å². The number of hydrogen-bond acceptors (Lipinski definition) is 7. The summed E-state index contributed by atoms with van der Waals surface area (Å²) in [5.41, 5.74) is 0.809. The summed E-state index contributed by atoms with van der Waals surface area (Å²) in [5.74, 6) is 1.12. The lowest BCUT2D eigenvalue weighted by atomic mass is 10.4. The van der Waals surface area contributed by atoms with Gasteiger partial charge < -0.3 is 10.6 Å². The van der Waals surface area contributed by atoms with E-state index in [0.29, 0.717) is 23.2 Å². The van der Waals surface area contributed by atoms with Crippen molar-refractivity contribution < 1.29 is 8.42 Å². The molecular weight excluding hydrogens is 388 g/mol. The lowest BCUT2D eigenvalue weighted by Gasteiger charge is -2.09. The Bertz CT molecular complexity index is 967. The SMILES string of the molecule is O=S(=O)(NCCNc1ccc(Nc2cccnc2)nn1)c1ccc(Cl)cc1. The molecule has 0 aliphatic rings. The Labute approximate surface area is 162 Å². The maximum absolute atomic E-state index is 12.1. The van der Waals surface area contributed by atoms with Crippen molar-refractivity contribution in [3.05, 3.63) is 65.9 Å².